The zero-order valence-electron chi connectivity index (χ0n) is 10.9. The van der Waals surface area contributed by atoms with Gasteiger partial charge in [0.15, 0.2) is 10.9 Å². The molecule has 4 nitrogen and oxygen atoms in total. The molecule has 0 radical (unpaired) electrons. The van der Waals surface area contributed by atoms with Gasteiger partial charge in [-0.1, -0.05) is 23.7 Å². The third-order valence-corrected chi connectivity index (χ3v) is 4.58. The highest BCUT2D eigenvalue weighted by Gasteiger charge is 2.23. The predicted octanol–water partition coefficient (Wildman–Crippen LogP) is 3.67. The van der Waals surface area contributed by atoms with Crippen molar-refractivity contribution < 1.29 is 9.59 Å². The second-order valence-corrected chi connectivity index (χ2v) is 5.96. The molecule has 1 amide bonds. The maximum Gasteiger partial charge on any atom is 0.256 e. The molecule has 106 valence electrons. The van der Waals surface area contributed by atoms with Crippen LogP contribution >= 0.6 is 23.4 Å². The molecule has 0 saturated heterocycles. The number of aromatic nitrogens is 1. The molecule has 0 fully saturated rings. The van der Waals surface area contributed by atoms with Crippen LogP contribution in [-0.4, -0.2) is 22.4 Å². The van der Waals surface area contributed by atoms with Crippen LogP contribution < -0.4 is 5.32 Å². The van der Waals surface area contributed by atoms with Crippen molar-refractivity contribution in [2.75, 3.05) is 11.1 Å². The third-order valence-electron chi connectivity index (χ3n) is 3.14. The summed E-state index contributed by atoms with van der Waals surface area (Å²) in [5.41, 5.74) is 1.57. The van der Waals surface area contributed by atoms with E-state index < -0.39 is 0 Å². The second kappa shape index (κ2) is 5.87. The first kappa shape index (κ1) is 14.1. The molecule has 21 heavy (non-hydrogen) atoms. The number of hydrogen-bond donors (Lipinski definition) is 1. The number of nitrogens with one attached hydrogen (secondary N) is 1. The number of fused-ring (bicyclic) bond motifs is 1. The average Bonchev–Trinajstić information content (AvgIpc) is 2.49. The van der Waals surface area contributed by atoms with Crippen LogP contribution in [0.3, 0.4) is 0 Å². The van der Waals surface area contributed by atoms with Gasteiger partial charge in [0, 0.05) is 28.8 Å². The molecule has 0 bridgehead atoms. The Morgan fingerprint density at radius 1 is 1.29 bits per heavy atom. The Morgan fingerprint density at radius 3 is 2.95 bits per heavy atom. The van der Waals surface area contributed by atoms with E-state index in [0.29, 0.717) is 29.0 Å². The van der Waals surface area contributed by atoms with Crippen LogP contribution in [-0.2, 0) is 0 Å². The average molecular weight is 319 g/mol. The molecule has 0 atom stereocenters. The molecule has 1 aliphatic rings. The van der Waals surface area contributed by atoms with E-state index in [1.807, 2.05) is 0 Å². The fourth-order valence-corrected chi connectivity index (χ4v) is 3.45. The smallest absolute Gasteiger partial charge is 0.256 e. The fourth-order valence-electron chi connectivity index (χ4n) is 2.14. The Morgan fingerprint density at radius 2 is 2.14 bits per heavy atom. The highest BCUT2D eigenvalue weighted by molar-refractivity contribution is 7.99. The number of Topliss-reactive ketones (excluding diaryl/α,β-unsaturated/α-hetero) is 1. The van der Waals surface area contributed by atoms with E-state index in [9.17, 15) is 9.59 Å². The lowest BCUT2D eigenvalue weighted by Crippen LogP contribution is -2.17. The molecule has 0 aliphatic carbocycles. The van der Waals surface area contributed by atoms with Crippen molar-refractivity contribution in [3.63, 3.8) is 0 Å². The third kappa shape index (κ3) is 2.80. The molecule has 1 aliphatic heterocycles. The standard InChI is InChI=1S/C15H11ClN2O2S/c16-14-11(5-2-7-17-14)18-15(20)10-4-1-3-9-12(19)6-8-21-13(9)10/h1-5,7H,6,8H2,(H,18,20). The molecular weight excluding hydrogens is 308 g/mol. The second-order valence-electron chi connectivity index (χ2n) is 4.50. The number of carbonyl (C=O) groups is 2. The number of rotatable bonds is 2. The van der Waals surface area contributed by atoms with Gasteiger partial charge in [-0.2, -0.15) is 0 Å². The van der Waals surface area contributed by atoms with Crippen molar-refractivity contribution in [2.24, 2.45) is 0 Å². The molecule has 2 aromatic rings. The van der Waals surface area contributed by atoms with Crippen LogP contribution in [0.5, 0.6) is 0 Å². The Balaban J connectivity index is 1.94. The van der Waals surface area contributed by atoms with Crippen LogP contribution in [0.4, 0.5) is 5.69 Å². The lowest BCUT2D eigenvalue weighted by molar-refractivity contribution is 0.0984. The number of nitrogens with zero attached hydrogens (tertiary/aromatic N) is 1. The van der Waals surface area contributed by atoms with E-state index in [1.165, 1.54) is 11.8 Å². The number of ketones is 1. The summed E-state index contributed by atoms with van der Waals surface area (Å²) < 4.78 is 0. The Labute approximate surface area is 130 Å². The van der Waals surface area contributed by atoms with E-state index in [2.05, 4.69) is 10.3 Å². The maximum absolute atomic E-state index is 12.4. The first-order valence-corrected chi connectivity index (χ1v) is 7.74. The summed E-state index contributed by atoms with van der Waals surface area (Å²) in [6, 6.07) is 8.57. The first-order valence-electron chi connectivity index (χ1n) is 6.37. The number of pyridine rings is 1. The van der Waals surface area contributed by atoms with Gasteiger partial charge in [-0.15, -0.1) is 11.8 Å². The number of hydrogen-bond acceptors (Lipinski definition) is 4. The van der Waals surface area contributed by atoms with E-state index in [1.54, 1.807) is 36.5 Å². The number of amides is 1. The molecule has 3 rings (SSSR count). The molecular formula is C15H11ClN2O2S. The van der Waals surface area contributed by atoms with E-state index in [4.69, 9.17) is 11.6 Å². The number of carbonyl (C=O) groups excluding carboxylic acids is 2. The zero-order valence-corrected chi connectivity index (χ0v) is 12.5. The molecule has 2 heterocycles. The lowest BCUT2D eigenvalue weighted by Gasteiger charge is -2.17. The quantitative estimate of drug-likeness (QED) is 0.858. The summed E-state index contributed by atoms with van der Waals surface area (Å²) in [5.74, 6) is 0.491. The summed E-state index contributed by atoms with van der Waals surface area (Å²) in [5, 5.41) is 2.97. The van der Waals surface area contributed by atoms with Gasteiger partial charge in [-0.05, 0) is 18.2 Å². The van der Waals surface area contributed by atoms with Crippen molar-refractivity contribution in [2.45, 2.75) is 11.3 Å². The minimum absolute atomic E-state index is 0.0813. The van der Waals surface area contributed by atoms with Gasteiger partial charge in [0.05, 0.1) is 11.3 Å². The largest absolute Gasteiger partial charge is 0.319 e. The Kier molecular flexibility index (Phi) is 3.94. The minimum atomic E-state index is -0.288. The monoisotopic (exact) mass is 318 g/mol. The van der Waals surface area contributed by atoms with E-state index in [-0.39, 0.29) is 16.8 Å². The SMILES string of the molecule is O=C1CCSc2c1cccc2C(=O)Nc1cccnc1Cl. The predicted molar refractivity (Wildman–Crippen MR) is 83.3 cm³/mol. The topological polar surface area (TPSA) is 59.1 Å². The molecule has 1 aromatic heterocycles. The summed E-state index contributed by atoms with van der Waals surface area (Å²) in [7, 11) is 0. The van der Waals surface area contributed by atoms with Crippen LogP contribution in [0.2, 0.25) is 5.15 Å². The Hall–Kier alpha value is -1.85. The summed E-state index contributed by atoms with van der Waals surface area (Å²) in [6.45, 7) is 0. The fraction of sp³-hybridized carbons (Fsp3) is 0.133. The minimum Gasteiger partial charge on any atom is -0.319 e. The number of halogens is 1. The van der Waals surface area contributed by atoms with Gasteiger partial charge in [0.25, 0.3) is 5.91 Å². The normalized spacial score (nSPS) is 13.7. The van der Waals surface area contributed by atoms with Gasteiger partial charge in [-0.25, -0.2) is 4.98 Å². The molecule has 1 N–H and O–H groups in total. The Bertz CT molecular complexity index is 733. The van der Waals surface area contributed by atoms with Gasteiger partial charge in [0.1, 0.15) is 0 Å². The molecule has 0 unspecified atom stereocenters. The molecule has 0 saturated carbocycles. The van der Waals surface area contributed by atoms with Crippen molar-refractivity contribution in [1.29, 1.82) is 0 Å². The van der Waals surface area contributed by atoms with Gasteiger partial charge >= 0.3 is 0 Å². The highest BCUT2D eigenvalue weighted by Crippen LogP contribution is 2.33. The lowest BCUT2D eigenvalue weighted by atomic mass is 10.0. The van der Waals surface area contributed by atoms with Crippen molar-refractivity contribution >= 4 is 40.7 Å². The maximum atomic E-state index is 12.4. The number of thioether (sulfide) groups is 1. The zero-order chi connectivity index (χ0) is 14.8. The first-order chi connectivity index (χ1) is 10.2. The highest BCUT2D eigenvalue weighted by atomic mass is 35.5. The van der Waals surface area contributed by atoms with E-state index in [0.717, 1.165) is 4.90 Å². The van der Waals surface area contributed by atoms with Crippen molar-refractivity contribution in [3.05, 3.63) is 52.8 Å². The van der Waals surface area contributed by atoms with E-state index >= 15 is 0 Å². The van der Waals surface area contributed by atoms with Gasteiger partial charge in [-0.3, -0.25) is 9.59 Å². The van der Waals surface area contributed by atoms with Crippen LogP contribution in [0.25, 0.3) is 0 Å². The van der Waals surface area contributed by atoms with Gasteiger partial charge in [0.2, 0.25) is 0 Å². The van der Waals surface area contributed by atoms with Crippen LogP contribution in [0.1, 0.15) is 27.1 Å². The number of anilines is 1. The van der Waals surface area contributed by atoms with Gasteiger partial charge < -0.3 is 5.32 Å². The van der Waals surface area contributed by atoms with Crippen molar-refractivity contribution in [1.82, 2.24) is 4.98 Å². The summed E-state index contributed by atoms with van der Waals surface area (Å²) in [6.07, 6.45) is 2.06. The van der Waals surface area contributed by atoms with Crippen molar-refractivity contribution in [3.8, 4) is 0 Å². The number of benzene rings is 1. The summed E-state index contributed by atoms with van der Waals surface area (Å²) >= 11 is 7.47. The van der Waals surface area contributed by atoms with Crippen LogP contribution in [0, 0.1) is 0 Å². The molecule has 1 aromatic carbocycles. The molecule has 6 heteroatoms. The molecule has 0 spiro atoms. The summed E-state index contributed by atoms with van der Waals surface area (Å²) in [4.78, 5) is 29.0. The van der Waals surface area contributed by atoms with Crippen LogP contribution in [0.15, 0.2) is 41.4 Å².